The third-order valence-corrected chi connectivity index (χ3v) is 4.04. The van der Waals surface area contributed by atoms with Gasteiger partial charge in [-0.2, -0.15) is 0 Å². The molecule has 0 aliphatic carbocycles. The molecule has 3 rings (SSSR count). The molecule has 0 aliphatic rings. The van der Waals surface area contributed by atoms with Crippen molar-refractivity contribution in [3.05, 3.63) is 65.6 Å². The number of aromatic nitrogens is 2. The van der Waals surface area contributed by atoms with E-state index in [4.69, 9.17) is 4.74 Å². The van der Waals surface area contributed by atoms with Crippen LogP contribution in [0.4, 0.5) is 0 Å². The van der Waals surface area contributed by atoms with Crippen molar-refractivity contribution >= 4 is 5.65 Å². The molecule has 5 nitrogen and oxygen atoms in total. The molecule has 0 aliphatic heterocycles. The van der Waals surface area contributed by atoms with E-state index < -0.39 is 0 Å². The Hall–Kier alpha value is -2.37. The van der Waals surface area contributed by atoms with E-state index in [2.05, 4.69) is 41.3 Å². The fourth-order valence-electron chi connectivity index (χ4n) is 2.89. The number of para-hydroxylation sites is 1. The smallest absolute Gasteiger partial charge is 0.137 e. The van der Waals surface area contributed by atoms with Crippen LogP contribution in [0.15, 0.2) is 48.8 Å². The molecule has 0 amide bonds. The van der Waals surface area contributed by atoms with E-state index in [1.54, 1.807) is 7.11 Å². The van der Waals surface area contributed by atoms with E-state index in [9.17, 15) is 5.11 Å². The van der Waals surface area contributed by atoms with Gasteiger partial charge in [0.25, 0.3) is 0 Å². The third-order valence-electron chi connectivity index (χ3n) is 4.04. The summed E-state index contributed by atoms with van der Waals surface area (Å²) in [4.78, 5) is 6.84. The van der Waals surface area contributed by atoms with Crippen molar-refractivity contribution in [1.29, 1.82) is 0 Å². The molecule has 2 heterocycles. The van der Waals surface area contributed by atoms with Gasteiger partial charge >= 0.3 is 0 Å². The molecular weight excluding hydrogens is 302 g/mol. The van der Waals surface area contributed by atoms with Gasteiger partial charge in [-0.25, -0.2) is 4.98 Å². The summed E-state index contributed by atoms with van der Waals surface area (Å²) >= 11 is 0. The number of pyridine rings is 1. The number of imidazole rings is 1. The summed E-state index contributed by atoms with van der Waals surface area (Å²) in [5, 5.41) is 9.40. The molecule has 3 aromatic rings. The number of hydrogen-bond donors (Lipinski definition) is 1. The number of hydrogen-bond acceptors (Lipinski definition) is 4. The van der Waals surface area contributed by atoms with Crippen LogP contribution in [0.3, 0.4) is 0 Å². The number of methoxy groups -OCH3 is 1. The second kappa shape index (κ2) is 7.47. The Balaban J connectivity index is 1.79. The van der Waals surface area contributed by atoms with Gasteiger partial charge in [0, 0.05) is 37.6 Å². The summed E-state index contributed by atoms with van der Waals surface area (Å²) in [5.41, 5.74) is 4.24. The van der Waals surface area contributed by atoms with Crippen LogP contribution < -0.4 is 4.74 Å². The first-order valence-corrected chi connectivity index (χ1v) is 8.09. The molecular formula is C19H23N3O2. The van der Waals surface area contributed by atoms with Crippen LogP contribution in [0.5, 0.6) is 5.75 Å². The first-order chi connectivity index (χ1) is 11.7. The lowest BCUT2D eigenvalue weighted by Crippen LogP contribution is -2.26. The van der Waals surface area contributed by atoms with Gasteiger partial charge in [-0.3, -0.25) is 4.90 Å². The van der Waals surface area contributed by atoms with E-state index in [0.29, 0.717) is 19.6 Å². The van der Waals surface area contributed by atoms with Gasteiger partial charge in [-0.05, 0) is 24.6 Å². The van der Waals surface area contributed by atoms with Crippen molar-refractivity contribution in [1.82, 2.24) is 14.3 Å². The Morgan fingerprint density at radius 1 is 1.12 bits per heavy atom. The number of aliphatic hydroxyl groups excluding tert-OH is 1. The molecule has 0 unspecified atom stereocenters. The molecule has 0 fully saturated rings. The molecule has 0 radical (unpaired) electrons. The van der Waals surface area contributed by atoms with Gasteiger partial charge in [-0.1, -0.05) is 24.3 Å². The van der Waals surface area contributed by atoms with Crippen molar-refractivity contribution < 1.29 is 9.84 Å². The summed E-state index contributed by atoms with van der Waals surface area (Å²) in [6.07, 6.45) is 4.12. The summed E-state index contributed by atoms with van der Waals surface area (Å²) in [5.74, 6) is 0.867. The Morgan fingerprint density at radius 2 is 1.96 bits per heavy atom. The molecule has 24 heavy (non-hydrogen) atoms. The predicted octanol–water partition coefficient (Wildman–Crippen LogP) is 2.65. The largest absolute Gasteiger partial charge is 0.496 e. The van der Waals surface area contributed by atoms with Gasteiger partial charge in [-0.15, -0.1) is 0 Å². The molecule has 0 spiro atoms. The fourth-order valence-corrected chi connectivity index (χ4v) is 2.89. The normalized spacial score (nSPS) is 11.3. The number of rotatable bonds is 7. The topological polar surface area (TPSA) is 50.0 Å². The fraction of sp³-hybridized carbons (Fsp3) is 0.316. The highest BCUT2D eigenvalue weighted by Gasteiger charge is 2.12. The third kappa shape index (κ3) is 3.75. The van der Waals surface area contributed by atoms with Crippen molar-refractivity contribution in [3.63, 3.8) is 0 Å². The van der Waals surface area contributed by atoms with Crippen LogP contribution in [0.1, 0.15) is 16.8 Å². The predicted molar refractivity (Wildman–Crippen MR) is 94.1 cm³/mol. The number of nitrogens with zero attached hydrogens (tertiary/aromatic N) is 3. The SMILES string of the molecule is COc1ccccc1CN(CCO)Cc1cn2cc(C)ccc2n1. The lowest BCUT2D eigenvalue weighted by molar-refractivity contribution is 0.181. The van der Waals surface area contributed by atoms with E-state index in [0.717, 1.165) is 22.7 Å². The molecule has 5 heteroatoms. The van der Waals surface area contributed by atoms with Crippen LogP contribution >= 0.6 is 0 Å². The van der Waals surface area contributed by atoms with Crippen molar-refractivity contribution in [2.45, 2.75) is 20.0 Å². The minimum Gasteiger partial charge on any atom is -0.496 e. The Kier molecular flexibility index (Phi) is 5.13. The van der Waals surface area contributed by atoms with Crippen molar-refractivity contribution in [3.8, 4) is 5.75 Å². The number of benzene rings is 1. The van der Waals surface area contributed by atoms with Gasteiger partial charge in [0.05, 0.1) is 19.4 Å². The number of aryl methyl sites for hydroxylation is 1. The Morgan fingerprint density at radius 3 is 2.75 bits per heavy atom. The highest BCUT2D eigenvalue weighted by atomic mass is 16.5. The zero-order chi connectivity index (χ0) is 16.9. The maximum absolute atomic E-state index is 9.40. The van der Waals surface area contributed by atoms with E-state index >= 15 is 0 Å². The summed E-state index contributed by atoms with van der Waals surface area (Å²) in [7, 11) is 1.68. The molecule has 0 saturated heterocycles. The maximum atomic E-state index is 9.40. The monoisotopic (exact) mass is 325 g/mol. The standard InChI is InChI=1S/C19H23N3O2/c1-15-7-8-19-20-17(14-22(19)11-15)13-21(9-10-23)12-16-5-3-4-6-18(16)24-2/h3-8,11,14,23H,9-10,12-13H2,1-2H3. The van der Waals surface area contributed by atoms with Gasteiger partial charge in [0.2, 0.25) is 0 Å². The van der Waals surface area contributed by atoms with Crippen molar-refractivity contribution in [2.24, 2.45) is 0 Å². The van der Waals surface area contributed by atoms with E-state index in [1.165, 1.54) is 5.56 Å². The minimum atomic E-state index is 0.113. The van der Waals surface area contributed by atoms with Crippen LogP contribution in [-0.4, -0.2) is 39.7 Å². The lowest BCUT2D eigenvalue weighted by Gasteiger charge is -2.21. The second-order valence-corrected chi connectivity index (χ2v) is 5.95. The zero-order valence-electron chi connectivity index (χ0n) is 14.1. The van der Waals surface area contributed by atoms with Gasteiger partial charge in [0.15, 0.2) is 0 Å². The maximum Gasteiger partial charge on any atom is 0.137 e. The quantitative estimate of drug-likeness (QED) is 0.725. The molecule has 0 saturated carbocycles. The van der Waals surface area contributed by atoms with Crippen LogP contribution in [0.25, 0.3) is 5.65 Å². The van der Waals surface area contributed by atoms with Gasteiger partial charge < -0.3 is 14.2 Å². The number of ether oxygens (including phenoxy) is 1. The molecule has 0 bridgehead atoms. The average Bonchev–Trinajstić information content (AvgIpc) is 2.97. The highest BCUT2D eigenvalue weighted by molar-refractivity contribution is 5.41. The summed E-state index contributed by atoms with van der Waals surface area (Å²) in [6, 6.07) is 12.1. The molecule has 1 aromatic carbocycles. The lowest BCUT2D eigenvalue weighted by atomic mass is 10.2. The van der Waals surface area contributed by atoms with Crippen LogP contribution in [-0.2, 0) is 13.1 Å². The van der Waals surface area contributed by atoms with Crippen LogP contribution in [0.2, 0.25) is 0 Å². The molecule has 0 atom stereocenters. The summed E-state index contributed by atoms with van der Waals surface area (Å²) < 4.78 is 7.47. The molecule has 2 aromatic heterocycles. The average molecular weight is 325 g/mol. The first kappa shape index (κ1) is 16.5. The Labute approximate surface area is 142 Å². The van der Waals surface area contributed by atoms with Gasteiger partial charge in [0.1, 0.15) is 11.4 Å². The van der Waals surface area contributed by atoms with E-state index in [1.807, 2.05) is 28.7 Å². The zero-order valence-corrected chi connectivity index (χ0v) is 14.1. The number of aliphatic hydroxyl groups is 1. The summed E-state index contributed by atoms with van der Waals surface area (Å²) in [6.45, 7) is 4.16. The molecule has 126 valence electrons. The van der Waals surface area contributed by atoms with E-state index in [-0.39, 0.29) is 6.61 Å². The Bertz CT molecular complexity index is 813. The highest BCUT2D eigenvalue weighted by Crippen LogP contribution is 2.20. The molecule has 1 N–H and O–H groups in total. The minimum absolute atomic E-state index is 0.113. The first-order valence-electron chi connectivity index (χ1n) is 8.09. The van der Waals surface area contributed by atoms with Crippen molar-refractivity contribution in [2.75, 3.05) is 20.3 Å². The van der Waals surface area contributed by atoms with Crippen LogP contribution in [0, 0.1) is 6.92 Å². The second-order valence-electron chi connectivity index (χ2n) is 5.95. The number of fused-ring (bicyclic) bond motifs is 1.